The number of aryl methyl sites for hydroxylation is 1. The molecule has 4 rings (SSSR count). The summed E-state index contributed by atoms with van der Waals surface area (Å²) in [5.41, 5.74) is 3.16. The first-order valence-electron chi connectivity index (χ1n) is 7.50. The van der Waals surface area contributed by atoms with Gasteiger partial charge in [-0.15, -0.1) is 0 Å². The second kappa shape index (κ2) is 5.12. The van der Waals surface area contributed by atoms with Gasteiger partial charge in [0.2, 0.25) is 5.91 Å². The standard InChI is InChI=1S/C16H17N5O2/c1-10-13(7-17-20(10)2)12-6-15(22)19-16-14(12)8-18-21(16)9-11-4-3-5-23-11/h3-5,7-8,12H,6,9H2,1-2H3,(H,19,22)/t12-/m1/s1. The van der Waals surface area contributed by atoms with Crippen LogP contribution in [0.2, 0.25) is 0 Å². The number of nitrogens with one attached hydrogen (secondary N) is 1. The minimum absolute atomic E-state index is 0.00746. The fourth-order valence-corrected chi connectivity index (χ4v) is 3.08. The Labute approximate surface area is 132 Å². The molecule has 118 valence electrons. The quantitative estimate of drug-likeness (QED) is 0.803. The van der Waals surface area contributed by atoms with E-state index < -0.39 is 0 Å². The lowest BCUT2D eigenvalue weighted by molar-refractivity contribution is -0.116. The van der Waals surface area contributed by atoms with E-state index in [0.717, 1.165) is 28.4 Å². The zero-order chi connectivity index (χ0) is 16.0. The Morgan fingerprint density at radius 3 is 2.87 bits per heavy atom. The van der Waals surface area contributed by atoms with Crippen molar-refractivity contribution < 1.29 is 9.21 Å². The van der Waals surface area contributed by atoms with E-state index in [-0.39, 0.29) is 11.8 Å². The van der Waals surface area contributed by atoms with E-state index in [9.17, 15) is 4.79 Å². The van der Waals surface area contributed by atoms with E-state index in [4.69, 9.17) is 4.42 Å². The Hall–Kier alpha value is -2.83. The molecule has 0 aliphatic carbocycles. The van der Waals surface area contributed by atoms with Crippen molar-refractivity contribution in [3.8, 4) is 0 Å². The van der Waals surface area contributed by atoms with Crippen molar-refractivity contribution in [1.82, 2.24) is 19.6 Å². The molecule has 0 bridgehead atoms. The van der Waals surface area contributed by atoms with Crippen molar-refractivity contribution in [2.75, 3.05) is 5.32 Å². The third-order valence-electron chi connectivity index (χ3n) is 4.42. The van der Waals surface area contributed by atoms with E-state index in [0.29, 0.717) is 13.0 Å². The van der Waals surface area contributed by atoms with Crippen LogP contribution in [0.5, 0.6) is 0 Å². The molecule has 4 heterocycles. The molecule has 7 nitrogen and oxygen atoms in total. The molecule has 0 radical (unpaired) electrons. The van der Waals surface area contributed by atoms with E-state index in [1.165, 1.54) is 0 Å². The van der Waals surface area contributed by atoms with Crippen LogP contribution in [0.4, 0.5) is 5.82 Å². The lowest BCUT2D eigenvalue weighted by Gasteiger charge is -2.23. The van der Waals surface area contributed by atoms with Gasteiger partial charge in [0.15, 0.2) is 0 Å². The Morgan fingerprint density at radius 1 is 1.35 bits per heavy atom. The van der Waals surface area contributed by atoms with Crippen LogP contribution in [-0.2, 0) is 18.4 Å². The van der Waals surface area contributed by atoms with Crippen LogP contribution in [0.3, 0.4) is 0 Å². The zero-order valence-electron chi connectivity index (χ0n) is 13.0. The highest BCUT2D eigenvalue weighted by Crippen LogP contribution is 2.38. The van der Waals surface area contributed by atoms with Gasteiger partial charge in [-0.05, 0) is 19.1 Å². The van der Waals surface area contributed by atoms with Crippen LogP contribution in [-0.4, -0.2) is 25.5 Å². The van der Waals surface area contributed by atoms with Crippen molar-refractivity contribution in [1.29, 1.82) is 0 Å². The van der Waals surface area contributed by atoms with Crippen molar-refractivity contribution >= 4 is 11.7 Å². The first-order valence-corrected chi connectivity index (χ1v) is 7.50. The summed E-state index contributed by atoms with van der Waals surface area (Å²) in [6, 6.07) is 3.73. The average Bonchev–Trinajstić information content (AvgIpc) is 3.24. The van der Waals surface area contributed by atoms with Crippen LogP contribution >= 0.6 is 0 Å². The molecule has 0 spiro atoms. The minimum Gasteiger partial charge on any atom is -0.467 e. The first kappa shape index (κ1) is 13.8. The number of carbonyl (C=O) groups is 1. The topological polar surface area (TPSA) is 77.9 Å². The van der Waals surface area contributed by atoms with Gasteiger partial charge in [0.1, 0.15) is 18.1 Å². The fraction of sp³-hybridized carbons (Fsp3) is 0.312. The van der Waals surface area contributed by atoms with E-state index in [1.54, 1.807) is 10.9 Å². The van der Waals surface area contributed by atoms with Crippen LogP contribution in [0.1, 0.15) is 34.9 Å². The molecule has 3 aromatic rings. The SMILES string of the molecule is Cc1c([C@H]2CC(=O)Nc3c2cnn3Cc2ccco2)cnn1C. The van der Waals surface area contributed by atoms with Crippen LogP contribution in [0, 0.1) is 6.92 Å². The monoisotopic (exact) mass is 311 g/mol. The van der Waals surface area contributed by atoms with Gasteiger partial charge < -0.3 is 9.73 Å². The van der Waals surface area contributed by atoms with Crippen LogP contribution in [0.25, 0.3) is 0 Å². The van der Waals surface area contributed by atoms with Gasteiger partial charge in [-0.25, -0.2) is 4.68 Å². The molecule has 1 amide bonds. The summed E-state index contributed by atoms with van der Waals surface area (Å²) in [5, 5.41) is 11.7. The number of furan rings is 1. The van der Waals surface area contributed by atoms with Crippen molar-refractivity contribution in [2.45, 2.75) is 25.8 Å². The van der Waals surface area contributed by atoms with Gasteiger partial charge in [-0.3, -0.25) is 9.48 Å². The average molecular weight is 311 g/mol. The molecule has 7 heteroatoms. The molecule has 23 heavy (non-hydrogen) atoms. The molecule has 0 unspecified atom stereocenters. The Morgan fingerprint density at radius 2 is 2.17 bits per heavy atom. The second-order valence-electron chi connectivity index (χ2n) is 5.80. The highest BCUT2D eigenvalue weighted by Gasteiger charge is 2.31. The molecule has 0 fully saturated rings. The molecule has 1 aliphatic rings. The Kier molecular flexibility index (Phi) is 3.07. The Balaban J connectivity index is 1.75. The lowest BCUT2D eigenvalue weighted by atomic mass is 9.88. The largest absolute Gasteiger partial charge is 0.467 e. The molecular weight excluding hydrogens is 294 g/mol. The smallest absolute Gasteiger partial charge is 0.226 e. The number of amides is 1. The van der Waals surface area contributed by atoms with Crippen molar-refractivity contribution in [3.63, 3.8) is 0 Å². The van der Waals surface area contributed by atoms with Crippen LogP contribution in [0.15, 0.2) is 35.2 Å². The summed E-state index contributed by atoms with van der Waals surface area (Å²) < 4.78 is 8.97. The third kappa shape index (κ3) is 2.25. The summed E-state index contributed by atoms with van der Waals surface area (Å²) >= 11 is 0. The first-order chi connectivity index (χ1) is 11.1. The number of anilines is 1. The summed E-state index contributed by atoms with van der Waals surface area (Å²) in [7, 11) is 1.91. The van der Waals surface area contributed by atoms with Gasteiger partial charge >= 0.3 is 0 Å². The minimum atomic E-state index is -0.0159. The number of hydrogen-bond acceptors (Lipinski definition) is 4. The predicted octanol–water partition coefficient (Wildman–Crippen LogP) is 2.04. The zero-order valence-corrected chi connectivity index (χ0v) is 13.0. The third-order valence-corrected chi connectivity index (χ3v) is 4.42. The van der Waals surface area contributed by atoms with Gasteiger partial charge in [-0.1, -0.05) is 0 Å². The molecule has 0 saturated heterocycles. The number of carbonyl (C=O) groups excluding carboxylic acids is 1. The van der Waals surface area contributed by atoms with Gasteiger partial charge in [0.05, 0.1) is 18.7 Å². The van der Waals surface area contributed by atoms with Crippen LogP contribution < -0.4 is 5.32 Å². The van der Waals surface area contributed by atoms with Gasteiger partial charge in [0, 0.05) is 36.2 Å². The molecule has 3 aromatic heterocycles. The lowest BCUT2D eigenvalue weighted by Crippen LogP contribution is -2.25. The Bertz CT molecular complexity index is 859. The number of aromatic nitrogens is 4. The maximum atomic E-state index is 12.2. The highest BCUT2D eigenvalue weighted by atomic mass is 16.3. The summed E-state index contributed by atoms with van der Waals surface area (Å²) in [6.45, 7) is 2.50. The molecule has 0 aromatic carbocycles. The second-order valence-corrected chi connectivity index (χ2v) is 5.80. The molecule has 1 atom stereocenters. The number of hydrogen-bond donors (Lipinski definition) is 1. The summed E-state index contributed by atoms with van der Waals surface area (Å²) in [5.74, 6) is 1.51. The van der Waals surface area contributed by atoms with Gasteiger partial charge in [-0.2, -0.15) is 10.2 Å². The van der Waals surface area contributed by atoms with Crippen molar-refractivity contribution in [2.24, 2.45) is 7.05 Å². The molecule has 0 saturated carbocycles. The number of rotatable bonds is 3. The normalized spacial score (nSPS) is 17.1. The maximum absolute atomic E-state index is 12.2. The fourth-order valence-electron chi connectivity index (χ4n) is 3.08. The maximum Gasteiger partial charge on any atom is 0.226 e. The van der Waals surface area contributed by atoms with E-state index >= 15 is 0 Å². The summed E-state index contributed by atoms with van der Waals surface area (Å²) in [4.78, 5) is 12.2. The summed E-state index contributed by atoms with van der Waals surface area (Å²) in [6.07, 6.45) is 5.71. The van der Waals surface area contributed by atoms with Gasteiger partial charge in [0.25, 0.3) is 0 Å². The van der Waals surface area contributed by atoms with E-state index in [1.807, 2.05) is 43.2 Å². The highest BCUT2D eigenvalue weighted by molar-refractivity contribution is 5.94. The predicted molar refractivity (Wildman–Crippen MR) is 83.1 cm³/mol. The molecule has 1 aliphatic heterocycles. The van der Waals surface area contributed by atoms with Crippen molar-refractivity contribution in [3.05, 3.63) is 53.4 Å². The molecular formula is C16H17N5O2. The number of nitrogens with zero attached hydrogens (tertiary/aromatic N) is 4. The van der Waals surface area contributed by atoms with E-state index in [2.05, 4.69) is 15.5 Å². The number of fused-ring (bicyclic) bond motifs is 1. The molecule has 1 N–H and O–H groups in total.